The third-order valence-corrected chi connectivity index (χ3v) is 3.07. The number of carbonyl (C=O) groups is 1. The average molecular weight is 233 g/mol. The summed E-state index contributed by atoms with van der Waals surface area (Å²) < 4.78 is 0. The summed E-state index contributed by atoms with van der Waals surface area (Å²) in [7, 11) is 1.67. The molecule has 1 aromatic rings. The molecule has 4 nitrogen and oxygen atoms in total. The van der Waals surface area contributed by atoms with E-state index in [4.69, 9.17) is 0 Å². The lowest BCUT2D eigenvalue weighted by molar-refractivity contribution is -0.119. The number of para-hydroxylation sites is 1. The Morgan fingerprint density at radius 3 is 3.00 bits per heavy atom. The first-order valence-corrected chi connectivity index (χ1v) is 6.05. The first kappa shape index (κ1) is 11.9. The van der Waals surface area contributed by atoms with Crippen LogP contribution in [0.5, 0.6) is 0 Å². The van der Waals surface area contributed by atoms with Crippen molar-refractivity contribution in [2.24, 2.45) is 0 Å². The molecule has 1 aromatic carbocycles. The molecule has 1 aliphatic heterocycles. The highest BCUT2D eigenvalue weighted by molar-refractivity contribution is 5.80. The van der Waals surface area contributed by atoms with Crippen LogP contribution in [0.25, 0.3) is 0 Å². The first-order valence-electron chi connectivity index (χ1n) is 6.05. The van der Waals surface area contributed by atoms with Crippen LogP contribution in [0.1, 0.15) is 12.0 Å². The molecule has 0 aliphatic carbocycles. The van der Waals surface area contributed by atoms with Crippen molar-refractivity contribution in [3.8, 4) is 0 Å². The topological polar surface area (TPSA) is 53.2 Å². The van der Waals surface area contributed by atoms with Crippen LogP contribution >= 0.6 is 0 Å². The van der Waals surface area contributed by atoms with E-state index in [0.717, 1.165) is 30.8 Å². The molecule has 2 rings (SSSR count). The summed E-state index contributed by atoms with van der Waals surface area (Å²) >= 11 is 0. The lowest BCUT2D eigenvalue weighted by Gasteiger charge is -2.16. The number of nitrogens with one attached hydrogen (secondary N) is 3. The summed E-state index contributed by atoms with van der Waals surface area (Å²) in [5.74, 6) is 0.0452. The summed E-state index contributed by atoms with van der Waals surface area (Å²) in [5.41, 5.74) is 2.13. The van der Waals surface area contributed by atoms with Gasteiger partial charge in [0.05, 0.1) is 6.42 Å². The minimum absolute atomic E-state index is 0.0452. The number of benzene rings is 1. The highest BCUT2D eigenvalue weighted by Gasteiger charge is 2.15. The Bertz CT molecular complexity index is 386. The number of rotatable bonds is 4. The average Bonchev–Trinajstić information content (AvgIpc) is 2.84. The van der Waals surface area contributed by atoms with Crippen molar-refractivity contribution in [1.82, 2.24) is 10.6 Å². The predicted molar refractivity (Wildman–Crippen MR) is 69.1 cm³/mol. The fraction of sp³-hybridized carbons (Fsp3) is 0.462. The highest BCUT2D eigenvalue weighted by Crippen LogP contribution is 2.18. The zero-order valence-corrected chi connectivity index (χ0v) is 10.1. The molecular weight excluding hydrogens is 214 g/mol. The van der Waals surface area contributed by atoms with Gasteiger partial charge >= 0.3 is 0 Å². The summed E-state index contributed by atoms with van der Waals surface area (Å²) in [6.07, 6.45) is 1.56. The van der Waals surface area contributed by atoms with Gasteiger partial charge in [-0.2, -0.15) is 0 Å². The second kappa shape index (κ2) is 5.68. The van der Waals surface area contributed by atoms with E-state index in [0.29, 0.717) is 12.5 Å². The van der Waals surface area contributed by atoms with Crippen LogP contribution in [0.2, 0.25) is 0 Å². The molecule has 1 heterocycles. The van der Waals surface area contributed by atoms with Crippen LogP contribution < -0.4 is 16.0 Å². The number of carbonyl (C=O) groups excluding carboxylic acids is 1. The van der Waals surface area contributed by atoms with Gasteiger partial charge in [-0.15, -0.1) is 0 Å². The molecule has 17 heavy (non-hydrogen) atoms. The molecule has 1 saturated heterocycles. The zero-order valence-electron chi connectivity index (χ0n) is 10.1. The van der Waals surface area contributed by atoms with E-state index >= 15 is 0 Å². The van der Waals surface area contributed by atoms with Gasteiger partial charge < -0.3 is 16.0 Å². The van der Waals surface area contributed by atoms with E-state index in [1.54, 1.807) is 7.05 Å². The molecule has 3 N–H and O–H groups in total. The lowest BCUT2D eigenvalue weighted by Crippen LogP contribution is -2.24. The number of amides is 1. The minimum atomic E-state index is 0.0452. The van der Waals surface area contributed by atoms with Gasteiger partial charge in [0.2, 0.25) is 5.91 Å². The third kappa shape index (κ3) is 3.20. The van der Waals surface area contributed by atoms with Crippen LogP contribution in [-0.2, 0) is 11.2 Å². The molecule has 0 saturated carbocycles. The van der Waals surface area contributed by atoms with Crippen LogP contribution in [0.3, 0.4) is 0 Å². The van der Waals surface area contributed by atoms with Gasteiger partial charge in [0, 0.05) is 25.3 Å². The largest absolute Gasteiger partial charge is 0.381 e. The van der Waals surface area contributed by atoms with Gasteiger partial charge in [0.1, 0.15) is 0 Å². The van der Waals surface area contributed by atoms with Crippen LogP contribution in [0, 0.1) is 0 Å². The fourth-order valence-electron chi connectivity index (χ4n) is 2.07. The number of hydrogen-bond donors (Lipinski definition) is 3. The van der Waals surface area contributed by atoms with E-state index in [2.05, 4.69) is 16.0 Å². The van der Waals surface area contributed by atoms with E-state index in [1.807, 2.05) is 24.3 Å². The molecule has 92 valence electrons. The first-order chi connectivity index (χ1) is 8.29. The smallest absolute Gasteiger partial charge is 0.224 e. The van der Waals surface area contributed by atoms with Crippen LogP contribution in [0.15, 0.2) is 24.3 Å². The van der Waals surface area contributed by atoms with E-state index in [1.165, 1.54) is 0 Å². The minimum Gasteiger partial charge on any atom is -0.381 e. The Balaban J connectivity index is 2.06. The molecule has 0 spiro atoms. The zero-order chi connectivity index (χ0) is 12.1. The molecule has 1 unspecified atom stereocenters. The summed E-state index contributed by atoms with van der Waals surface area (Å²) in [5, 5.41) is 9.47. The number of anilines is 1. The molecule has 1 aliphatic rings. The summed E-state index contributed by atoms with van der Waals surface area (Å²) in [6, 6.07) is 8.48. The van der Waals surface area contributed by atoms with Gasteiger partial charge in [-0.3, -0.25) is 4.79 Å². The summed E-state index contributed by atoms with van der Waals surface area (Å²) in [4.78, 5) is 11.4. The van der Waals surface area contributed by atoms with Crippen molar-refractivity contribution in [2.45, 2.75) is 18.9 Å². The number of likely N-dealkylation sites (N-methyl/N-ethyl adjacent to an activating group) is 1. The lowest BCUT2D eigenvalue weighted by atomic mass is 10.1. The maximum Gasteiger partial charge on any atom is 0.224 e. The maximum absolute atomic E-state index is 11.4. The van der Waals surface area contributed by atoms with Gasteiger partial charge in [-0.1, -0.05) is 18.2 Å². The maximum atomic E-state index is 11.4. The second-order valence-electron chi connectivity index (χ2n) is 4.34. The van der Waals surface area contributed by atoms with Crippen LogP contribution in [-0.4, -0.2) is 32.1 Å². The quantitative estimate of drug-likeness (QED) is 0.719. The second-order valence-corrected chi connectivity index (χ2v) is 4.34. The molecule has 4 heteroatoms. The van der Waals surface area contributed by atoms with Crippen molar-refractivity contribution in [2.75, 3.05) is 25.5 Å². The molecule has 1 amide bonds. The van der Waals surface area contributed by atoms with Gasteiger partial charge in [-0.25, -0.2) is 0 Å². The fourth-order valence-corrected chi connectivity index (χ4v) is 2.07. The van der Waals surface area contributed by atoms with Crippen molar-refractivity contribution < 1.29 is 4.79 Å². The van der Waals surface area contributed by atoms with E-state index < -0.39 is 0 Å². The van der Waals surface area contributed by atoms with Gasteiger partial charge in [0.15, 0.2) is 0 Å². The molecule has 0 aromatic heterocycles. The van der Waals surface area contributed by atoms with E-state index in [9.17, 15) is 4.79 Å². The molecule has 0 radical (unpaired) electrons. The SMILES string of the molecule is CNC(=O)Cc1ccccc1NC1CCNC1. The van der Waals surface area contributed by atoms with Gasteiger partial charge in [0.25, 0.3) is 0 Å². The molecular formula is C13H19N3O. The summed E-state index contributed by atoms with van der Waals surface area (Å²) in [6.45, 7) is 2.06. The Morgan fingerprint density at radius 2 is 2.29 bits per heavy atom. The van der Waals surface area contributed by atoms with Crippen molar-refractivity contribution in [3.63, 3.8) is 0 Å². The third-order valence-electron chi connectivity index (χ3n) is 3.07. The molecule has 1 fully saturated rings. The van der Waals surface area contributed by atoms with Crippen molar-refractivity contribution >= 4 is 11.6 Å². The molecule has 1 atom stereocenters. The normalized spacial score (nSPS) is 19.0. The van der Waals surface area contributed by atoms with Crippen molar-refractivity contribution in [1.29, 1.82) is 0 Å². The monoisotopic (exact) mass is 233 g/mol. The van der Waals surface area contributed by atoms with Gasteiger partial charge in [-0.05, 0) is 24.6 Å². The Morgan fingerprint density at radius 1 is 1.47 bits per heavy atom. The van der Waals surface area contributed by atoms with Crippen molar-refractivity contribution in [3.05, 3.63) is 29.8 Å². The van der Waals surface area contributed by atoms with E-state index in [-0.39, 0.29) is 5.91 Å². The predicted octanol–water partition coefficient (Wildman–Crippen LogP) is 0.749. The Labute approximate surface area is 102 Å². The van der Waals surface area contributed by atoms with Crippen LogP contribution in [0.4, 0.5) is 5.69 Å². The Kier molecular flexibility index (Phi) is 3.98. The molecule has 0 bridgehead atoms. The number of hydrogen-bond acceptors (Lipinski definition) is 3. The standard InChI is InChI=1S/C13H19N3O/c1-14-13(17)8-10-4-2-3-5-12(10)16-11-6-7-15-9-11/h2-5,11,15-16H,6-9H2,1H3,(H,14,17). The Hall–Kier alpha value is -1.55. The highest BCUT2D eigenvalue weighted by atomic mass is 16.1.